The first-order valence-electron chi connectivity index (χ1n) is 4.70. The van der Waals surface area contributed by atoms with E-state index in [0.717, 1.165) is 19.4 Å². The normalized spacial score (nSPS) is 28.5. The number of hydrogen-bond donors (Lipinski definition) is 2. The summed E-state index contributed by atoms with van der Waals surface area (Å²) in [6.07, 6.45) is 1.97. The highest BCUT2D eigenvalue weighted by Crippen LogP contribution is 2.08. The van der Waals surface area contributed by atoms with Crippen LogP contribution in [0, 0.1) is 0 Å². The molecule has 74 valence electrons. The van der Waals surface area contributed by atoms with Crippen LogP contribution in [0.1, 0.15) is 12.8 Å². The zero-order valence-corrected chi connectivity index (χ0v) is 8.30. The third kappa shape index (κ3) is 3.10. The summed E-state index contributed by atoms with van der Waals surface area (Å²) < 4.78 is 4.80. The maximum atomic E-state index is 11.4. The fraction of sp³-hybridized carbons (Fsp3) is 0.875. The summed E-state index contributed by atoms with van der Waals surface area (Å²) >= 11 is 0. The Morgan fingerprint density at radius 3 is 2.85 bits per heavy atom. The maximum Gasteiger partial charge on any atom is 0.353 e. The van der Waals surface area contributed by atoms with E-state index in [2.05, 4.69) is 10.6 Å². The average molecular weight is 184 g/mol. The number of nitrogens with one attached hydrogen (secondary N) is 2. The highest BCUT2D eigenvalue weighted by Gasteiger charge is 2.24. The standard InChI is InChI=1S/C8H17BN2O2/c1-10-6-3-4-7(11-5-6)8(12)9-13-2/h6-7,9-11H,3-5H2,1-2H3/t6-,7+/m1/s1. The molecular weight excluding hydrogens is 167 g/mol. The molecule has 0 aromatic rings. The second-order valence-corrected chi connectivity index (χ2v) is 3.42. The lowest BCUT2D eigenvalue weighted by Gasteiger charge is -2.28. The quantitative estimate of drug-likeness (QED) is 0.542. The molecule has 1 aliphatic rings. The molecule has 1 aliphatic heterocycles. The van der Waals surface area contributed by atoms with Crippen molar-refractivity contribution in [2.24, 2.45) is 0 Å². The van der Waals surface area contributed by atoms with Gasteiger partial charge in [-0.15, -0.1) is 0 Å². The number of piperidine rings is 1. The Morgan fingerprint density at radius 2 is 2.38 bits per heavy atom. The van der Waals surface area contributed by atoms with Gasteiger partial charge >= 0.3 is 7.48 Å². The van der Waals surface area contributed by atoms with E-state index in [4.69, 9.17) is 4.65 Å². The van der Waals surface area contributed by atoms with Crippen LogP contribution in [-0.2, 0) is 9.45 Å². The van der Waals surface area contributed by atoms with Gasteiger partial charge in [0.05, 0.1) is 6.04 Å². The third-order valence-electron chi connectivity index (χ3n) is 2.50. The summed E-state index contributed by atoms with van der Waals surface area (Å²) in [6, 6.07) is 0.510. The Kier molecular flexibility index (Phi) is 4.42. The Balaban J connectivity index is 2.28. The number of likely N-dealkylation sites (N-methyl/N-ethyl adjacent to an activating group) is 1. The monoisotopic (exact) mass is 184 g/mol. The van der Waals surface area contributed by atoms with Crippen LogP contribution in [-0.4, -0.2) is 46.0 Å². The molecule has 4 nitrogen and oxygen atoms in total. The molecule has 0 aliphatic carbocycles. The van der Waals surface area contributed by atoms with Gasteiger partial charge in [-0.3, -0.25) is 0 Å². The van der Waals surface area contributed by atoms with Crippen LogP contribution in [0.25, 0.3) is 0 Å². The second kappa shape index (κ2) is 5.37. The zero-order chi connectivity index (χ0) is 9.68. The van der Waals surface area contributed by atoms with Crippen molar-refractivity contribution < 1.29 is 9.45 Å². The van der Waals surface area contributed by atoms with Gasteiger partial charge in [-0.2, -0.15) is 0 Å². The Labute approximate surface area is 79.7 Å². The molecule has 13 heavy (non-hydrogen) atoms. The Hall–Kier alpha value is -0.385. The van der Waals surface area contributed by atoms with E-state index >= 15 is 0 Å². The van der Waals surface area contributed by atoms with Gasteiger partial charge in [-0.05, 0) is 19.9 Å². The first-order valence-corrected chi connectivity index (χ1v) is 4.70. The summed E-state index contributed by atoms with van der Waals surface area (Å²) in [5, 5.41) is 6.40. The minimum Gasteiger partial charge on any atom is -0.434 e. The van der Waals surface area contributed by atoms with Crippen LogP contribution in [0.2, 0.25) is 0 Å². The summed E-state index contributed by atoms with van der Waals surface area (Å²) in [6.45, 7) is 0.872. The Morgan fingerprint density at radius 1 is 1.62 bits per heavy atom. The first kappa shape index (κ1) is 10.7. The molecule has 0 spiro atoms. The highest BCUT2D eigenvalue weighted by atomic mass is 16.4. The van der Waals surface area contributed by atoms with Crippen molar-refractivity contribution in [3.63, 3.8) is 0 Å². The molecule has 1 rings (SSSR count). The van der Waals surface area contributed by atoms with Gasteiger partial charge < -0.3 is 20.1 Å². The lowest BCUT2D eigenvalue weighted by Crippen LogP contribution is -2.51. The maximum absolute atomic E-state index is 11.4. The molecule has 0 bridgehead atoms. The zero-order valence-electron chi connectivity index (χ0n) is 8.30. The van der Waals surface area contributed by atoms with Crippen LogP contribution in [0.4, 0.5) is 0 Å². The van der Waals surface area contributed by atoms with Crippen LogP contribution in [0.5, 0.6) is 0 Å². The number of hydrogen-bond acceptors (Lipinski definition) is 4. The van der Waals surface area contributed by atoms with E-state index in [-0.39, 0.29) is 19.2 Å². The van der Waals surface area contributed by atoms with Gasteiger partial charge in [0.2, 0.25) is 0 Å². The largest absolute Gasteiger partial charge is 0.434 e. The molecule has 2 N–H and O–H groups in total. The third-order valence-corrected chi connectivity index (χ3v) is 2.50. The molecule has 5 heteroatoms. The molecule has 1 fully saturated rings. The van der Waals surface area contributed by atoms with Crippen LogP contribution >= 0.6 is 0 Å². The van der Waals surface area contributed by atoms with Gasteiger partial charge in [0.25, 0.3) is 0 Å². The van der Waals surface area contributed by atoms with Gasteiger partial charge in [-0.1, -0.05) is 0 Å². The van der Waals surface area contributed by atoms with Gasteiger partial charge in [0.15, 0.2) is 0 Å². The minimum atomic E-state index is 0.00421. The average Bonchev–Trinajstić information content (AvgIpc) is 2.18. The van der Waals surface area contributed by atoms with E-state index in [0.29, 0.717) is 6.04 Å². The summed E-state index contributed by atoms with van der Waals surface area (Å²) in [5.74, 6) is 0. The van der Waals surface area contributed by atoms with Crippen LogP contribution in [0.15, 0.2) is 0 Å². The summed E-state index contributed by atoms with van der Waals surface area (Å²) in [5.41, 5.74) is 0.164. The summed E-state index contributed by atoms with van der Waals surface area (Å²) in [4.78, 5) is 11.4. The van der Waals surface area contributed by atoms with Crippen LogP contribution < -0.4 is 10.6 Å². The van der Waals surface area contributed by atoms with Gasteiger partial charge in [0, 0.05) is 19.7 Å². The van der Waals surface area contributed by atoms with Crippen molar-refractivity contribution in [2.45, 2.75) is 24.9 Å². The van der Waals surface area contributed by atoms with Crippen molar-refractivity contribution in [1.82, 2.24) is 10.6 Å². The van der Waals surface area contributed by atoms with Crippen molar-refractivity contribution >= 4 is 13.2 Å². The van der Waals surface area contributed by atoms with Gasteiger partial charge in [-0.25, -0.2) is 0 Å². The molecule has 0 aromatic heterocycles. The second-order valence-electron chi connectivity index (χ2n) is 3.42. The predicted octanol–water partition coefficient (Wildman–Crippen LogP) is -1.15. The smallest absolute Gasteiger partial charge is 0.353 e. The fourth-order valence-electron chi connectivity index (χ4n) is 1.62. The molecule has 2 atom stereocenters. The number of carbonyl (C=O) groups excluding carboxylic acids is 1. The predicted molar refractivity (Wildman–Crippen MR) is 53.0 cm³/mol. The summed E-state index contributed by atoms with van der Waals surface area (Å²) in [7, 11) is 3.72. The highest BCUT2D eigenvalue weighted by molar-refractivity contribution is 6.70. The molecule has 0 amide bonds. The molecule has 0 unspecified atom stereocenters. The molecule has 0 aromatic carbocycles. The van der Waals surface area contributed by atoms with E-state index in [1.54, 1.807) is 7.11 Å². The lowest BCUT2D eigenvalue weighted by atomic mass is 9.83. The van der Waals surface area contributed by atoms with E-state index in [9.17, 15) is 4.79 Å². The lowest BCUT2D eigenvalue weighted by molar-refractivity contribution is -0.115. The number of carbonyl (C=O) groups is 1. The Bertz CT molecular complexity index is 170. The SMILES string of the molecule is CN[C@@H]1CC[C@@H](C(=O)BOC)NC1. The van der Waals surface area contributed by atoms with Gasteiger partial charge in [0.1, 0.15) is 5.68 Å². The van der Waals surface area contributed by atoms with Crippen molar-refractivity contribution in [2.75, 3.05) is 20.7 Å². The molecule has 0 radical (unpaired) electrons. The van der Waals surface area contributed by atoms with E-state index < -0.39 is 0 Å². The topological polar surface area (TPSA) is 50.4 Å². The molecular formula is C8H17BN2O2. The van der Waals surface area contributed by atoms with Crippen molar-refractivity contribution in [1.29, 1.82) is 0 Å². The van der Waals surface area contributed by atoms with Crippen molar-refractivity contribution in [3.05, 3.63) is 0 Å². The molecule has 1 saturated heterocycles. The molecule has 1 heterocycles. The van der Waals surface area contributed by atoms with E-state index in [1.807, 2.05) is 7.05 Å². The van der Waals surface area contributed by atoms with Crippen molar-refractivity contribution in [3.8, 4) is 0 Å². The first-order chi connectivity index (χ1) is 6.27. The minimum absolute atomic E-state index is 0.00421. The van der Waals surface area contributed by atoms with Crippen LogP contribution in [0.3, 0.4) is 0 Å². The van der Waals surface area contributed by atoms with E-state index in [1.165, 1.54) is 0 Å². The number of rotatable bonds is 4. The molecule has 0 saturated carbocycles. The fourth-order valence-corrected chi connectivity index (χ4v) is 1.62.